The van der Waals surface area contributed by atoms with Crippen LogP contribution < -0.4 is 0 Å². The van der Waals surface area contributed by atoms with Crippen LogP contribution in [0.2, 0.25) is 0 Å². The molecular weight excluding hydrogens is 889 g/mol. The average molecular weight is 933 g/mol. The number of fused-ring (bicyclic) bond motifs is 19. The zero-order valence-corrected chi connectivity index (χ0v) is 40.4. The lowest BCUT2D eigenvalue weighted by molar-refractivity contribution is 1.67. The molecule has 0 radical (unpaired) electrons. The fourth-order valence-electron chi connectivity index (χ4n) is 13.1. The third-order valence-corrected chi connectivity index (χ3v) is 16.4. The quantitative estimate of drug-likeness (QED) is 0.154. The van der Waals surface area contributed by atoms with E-state index in [0.29, 0.717) is 0 Å². The highest BCUT2D eigenvalue weighted by Crippen LogP contribution is 2.48. The Balaban J connectivity index is 0.885. The molecule has 0 saturated heterocycles. The first-order chi connectivity index (χ1) is 36.7. The molecule has 16 rings (SSSR count). The van der Waals surface area contributed by atoms with Crippen LogP contribution in [0, 0.1) is 0 Å². The van der Waals surface area contributed by atoms with Crippen LogP contribution in [0.4, 0.5) is 0 Å². The van der Waals surface area contributed by atoms with E-state index in [4.69, 9.17) is 0 Å². The molecule has 0 atom stereocenters. The minimum absolute atomic E-state index is 1.22. The molecule has 0 amide bonds. The van der Waals surface area contributed by atoms with Crippen molar-refractivity contribution < 1.29 is 0 Å². The molecule has 0 aromatic heterocycles. The smallest absolute Gasteiger partial charge is 0.00139 e. The van der Waals surface area contributed by atoms with E-state index in [1.165, 1.54) is 163 Å². The van der Waals surface area contributed by atoms with Crippen LogP contribution in [0.1, 0.15) is 0 Å². The molecule has 340 valence electrons. The maximum Gasteiger partial charge on any atom is -0.00139 e. The molecule has 16 aromatic carbocycles. The van der Waals surface area contributed by atoms with E-state index in [2.05, 4.69) is 267 Å². The average Bonchev–Trinajstić information content (AvgIpc) is 3.50. The van der Waals surface area contributed by atoms with E-state index >= 15 is 0 Å². The van der Waals surface area contributed by atoms with Gasteiger partial charge in [0.2, 0.25) is 0 Å². The lowest BCUT2D eigenvalue weighted by atomic mass is 9.84. The third-order valence-electron chi connectivity index (χ3n) is 16.4. The highest BCUT2D eigenvalue weighted by molar-refractivity contribution is 6.40. The first-order valence-corrected chi connectivity index (χ1v) is 25.8. The van der Waals surface area contributed by atoms with Gasteiger partial charge in [0, 0.05) is 0 Å². The van der Waals surface area contributed by atoms with Crippen LogP contribution in [0.3, 0.4) is 0 Å². The van der Waals surface area contributed by atoms with Gasteiger partial charge in [0.25, 0.3) is 0 Å². The molecule has 0 aliphatic rings. The van der Waals surface area contributed by atoms with Gasteiger partial charge in [-0.2, -0.15) is 0 Å². The van der Waals surface area contributed by atoms with E-state index in [9.17, 15) is 0 Å². The molecule has 0 unspecified atom stereocenters. The molecule has 0 heteroatoms. The largest absolute Gasteiger partial charge is 0.0616 e. The Kier molecular flexibility index (Phi) is 8.84. The molecule has 0 fully saturated rings. The number of rotatable bonds is 4. The molecule has 74 heavy (non-hydrogen) atoms. The first kappa shape index (κ1) is 41.0. The van der Waals surface area contributed by atoms with Gasteiger partial charge in [-0.1, -0.05) is 243 Å². The highest BCUT2D eigenvalue weighted by Gasteiger charge is 2.20. The van der Waals surface area contributed by atoms with Crippen molar-refractivity contribution in [2.24, 2.45) is 0 Å². The van der Waals surface area contributed by atoms with Gasteiger partial charge in [0.1, 0.15) is 0 Å². The van der Waals surface area contributed by atoms with Gasteiger partial charge in [-0.25, -0.2) is 0 Å². The van der Waals surface area contributed by atoms with Gasteiger partial charge in [-0.05, 0) is 187 Å². The van der Waals surface area contributed by atoms with E-state index in [-0.39, 0.29) is 0 Å². The Morgan fingerprint density at radius 3 is 0.770 bits per heavy atom. The van der Waals surface area contributed by atoms with E-state index in [1.54, 1.807) is 0 Å². The molecular formula is C74H44. The molecule has 0 aliphatic carbocycles. The van der Waals surface area contributed by atoms with Gasteiger partial charge in [-0.15, -0.1) is 0 Å². The summed E-state index contributed by atoms with van der Waals surface area (Å²) in [5.41, 5.74) is 9.95. The minimum Gasteiger partial charge on any atom is -0.0616 e. The van der Waals surface area contributed by atoms with Crippen LogP contribution in [0.15, 0.2) is 267 Å². The summed E-state index contributed by atoms with van der Waals surface area (Å²) in [7, 11) is 0. The minimum atomic E-state index is 1.22. The van der Waals surface area contributed by atoms with Crippen molar-refractivity contribution in [3.63, 3.8) is 0 Å². The Labute approximate surface area is 427 Å². The second-order valence-corrected chi connectivity index (χ2v) is 20.2. The Bertz CT molecular complexity index is 4750. The maximum absolute atomic E-state index is 2.46. The Morgan fingerprint density at radius 2 is 0.392 bits per heavy atom. The molecule has 16 aromatic rings. The monoisotopic (exact) mass is 932 g/mol. The highest BCUT2D eigenvalue weighted by atomic mass is 14.2. The van der Waals surface area contributed by atoms with E-state index in [0.717, 1.165) is 0 Å². The van der Waals surface area contributed by atoms with E-state index in [1.807, 2.05) is 0 Å². The summed E-state index contributed by atoms with van der Waals surface area (Å²) < 4.78 is 0. The maximum atomic E-state index is 2.46. The summed E-state index contributed by atoms with van der Waals surface area (Å²) in [6.07, 6.45) is 0. The van der Waals surface area contributed by atoms with Crippen molar-refractivity contribution in [1.29, 1.82) is 0 Å². The zero-order chi connectivity index (χ0) is 48.4. The standard InChI is InChI=1S/C74H44/c1-3-19-49-45(17-1)41-69(59-27-11-7-21-53(49)59)63-39-37-51(55-23-5-9-25-57(55)63)47-33-35-67-71(43-47)61-29-13-15-31-65(61)74-68-36-34-48(44-72(68)62-30-14-16-32-66(62)73(67)74)52-38-40-64(58-26-10-6-24-56(52)58)70-42-46-18-2-4-20-50(46)54-22-8-12-28-60(54)70/h1-44H. The normalized spacial score (nSPS) is 12.1. The van der Waals surface area contributed by atoms with Crippen molar-refractivity contribution in [3.05, 3.63) is 267 Å². The lowest BCUT2D eigenvalue weighted by Crippen LogP contribution is -1.91. The molecule has 0 heterocycles. The van der Waals surface area contributed by atoms with Crippen molar-refractivity contribution in [3.8, 4) is 44.5 Å². The van der Waals surface area contributed by atoms with E-state index < -0.39 is 0 Å². The van der Waals surface area contributed by atoms with Gasteiger partial charge in [0.05, 0.1) is 0 Å². The Hall–Kier alpha value is -9.62. The Morgan fingerprint density at radius 1 is 0.135 bits per heavy atom. The fourth-order valence-corrected chi connectivity index (χ4v) is 13.1. The summed E-state index contributed by atoms with van der Waals surface area (Å²) >= 11 is 0. The summed E-state index contributed by atoms with van der Waals surface area (Å²) in [5, 5.41) is 28.0. The molecule has 0 aliphatic heterocycles. The van der Waals surface area contributed by atoms with Gasteiger partial charge in [0.15, 0.2) is 0 Å². The zero-order valence-electron chi connectivity index (χ0n) is 40.4. The first-order valence-electron chi connectivity index (χ1n) is 25.8. The molecule has 0 nitrogen and oxygen atoms in total. The van der Waals surface area contributed by atoms with Gasteiger partial charge < -0.3 is 0 Å². The molecule has 0 bridgehead atoms. The van der Waals surface area contributed by atoms with Crippen LogP contribution in [-0.2, 0) is 0 Å². The number of hydrogen-bond donors (Lipinski definition) is 0. The SMILES string of the molecule is c1ccc2c(c1)cc(-c1ccc(-c3ccc4c(c3)c3ccccc3c3c5ccc(-c6ccc(-c7cc8ccccc8c8ccccc78)c7ccccc67)cc5c5ccccc5c43)c3ccccc13)c1ccccc12. The predicted molar refractivity (Wildman–Crippen MR) is 321 cm³/mol. The van der Waals surface area contributed by atoms with Crippen LogP contribution in [0.25, 0.3) is 163 Å². The number of benzene rings is 16. The molecule has 0 spiro atoms. The summed E-state index contributed by atoms with van der Waals surface area (Å²) in [6.45, 7) is 0. The van der Waals surface area contributed by atoms with Crippen molar-refractivity contribution in [2.75, 3.05) is 0 Å². The molecule has 0 saturated carbocycles. The summed E-state index contributed by atoms with van der Waals surface area (Å²) in [5.74, 6) is 0. The molecule has 0 N–H and O–H groups in total. The fraction of sp³-hybridized carbons (Fsp3) is 0. The van der Waals surface area contributed by atoms with Crippen LogP contribution >= 0.6 is 0 Å². The van der Waals surface area contributed by atoms with Crippen molar-refractivity contribution >= 4 is 118 Å². The van der Waals surface area contributed by atoms with Crippen LogP contribution in [0.5, 0.6) is 0 Å². The van der Waals surface area contributed by atoms with Crippen molar-refractivity contribution in [1.82, 2.24) is 0 Å². The summed E-state index contributed by atoms with van der Waals surface area (Å²) in [4.78, 5) is 0. The number of hydrogen-bond acceptors (Lipinski definition) is 0. The second kappa shape index (κ2) is 15.9. The van der Waals surface area contributed by atoms with Crippen LogP contribution in [-0.4, -0.2) is 0 Å². The topological polar surface area (TPSA) is 0 Å². The third kappa shape index (κ3) is 5.97. The lowest BCUT2D eigenvalue weighted by Gasteiger charge is -2.19. The second-order valence-electron chi connectivity index (χ2n) is 20.2. The van der Waals surface area contributed by atoms with Crippen molar-refractivity contribution in [2.45, 2.75) is 0 Å². The predicted octanol–water partition coefficient (Wildman–Crippen LogP) is 21.0. The summed E-state index contributed by atoms with van der Waals surface area (Å²) in [6, 6.07) is 100. The van der Waals surface area contributed by atoms with Gasteiger partial charge in [-0.3, -0.25) is 0 Å². The van der Waals surface area contributed by atoms with Gasteiger partial charge >= 0.3 is 0 Å².